The Labute approximate surface area is 112 Å². The highest BCUT2D eigenvalue weighted by molar-refractivity contribution is 5.22. The van der Waals surface area contributed by atoms with Crippen LogP contribution in [0.4, 0.5) is 13.2 Å². The van der Waals surface area contributed by atoms with Crippen molar-refractivity contribution in [2.75, 3.05) is 13.2 Å². The zero-order valence-corrected chi connectivity index (χ0v) is 11.3. The fourth-order valence-corrected chi connectivity index (χ4v) is 1.59. The van der Waals surface area contributed by atoms with E-state index in [0.29, 0.717) is 6.04 Å². The van der Waals surface area contributed by atoms with Gasteiger partial charge in [-0.25, -0.2) is 0 Å². The van der Waals surface area contributed by atoms with E-state index in [-0.39, 0.29) is 6.61 Å². The van der Waals surface area contributed by atoms with Gasteiger partial charge in [0.25, 0.3) is 0 Å². The molecule has 0 fully saturated rings. The highest BCUT2D eigenvalue weighted by Gasteiger charge is 2.27. The lowest BCUT2D eigenvalue weighted by atomic mass is 10.1. The third-order valence-electron chi connectivity index (χ3n) is 2.52. The molecule has 0 aromatic heterocycles. The highest BCUT2D eigenvalue weighted by atomic mass is 19.4. The molecule has 19 heavy (non-hydrogen) atoms. The van der Waals surface area contributed by atoms with E-state index in [1.807, 2.05) is 12.1 Å². The standard InChI is InChI=1S/C14H20F3NO/c1-11(2)18-8-7-12-3-5-13(6-4-12)9-19-10-14(15,16)17/h3-6,11,18H,7-10H2,1-2H3. The van der Waals surface area contributed by atoms with Crippen LogP contribution in [0.5, 0.6) is 0 Å². The molecule has 108 valence electrons. The first-order valence-electron chi connectivity index (χ1n) is 6.32. The van der Waals surface area contributed by atoms with Crippen LogP contribution in [0.3, 0.4) is 0 Å². The van der Waals surface area contributed by atoms with Crippen LogP contribution in [0.25, 0.3) is 0 Å². The molecule has 1 N–H and O–H groups in total. The topological polar surface area (TPSA) is 21.3 Å². The van der Waals surface area contributed by atoms with Crippen molar-refractivity contribution < 1.29 is 17.9 Å². The van der Waals surface area contributed by atoms with Crippen LogP contribution in [0.2, 0.25) is 0 Å². The van der Waals surface area contributed by atoms with Gasteiger partial charge in [0.05, 0.1) is 6.61 Å². The van der Waals surface area contributed by atoms with Gasteiger partial charge in [-0.1, -0.05) is 38.1 Å². The number of ether oxygens (including phenoxy) is 1. The van der Waals surface area contributed by atoms with Crippen LogP contribution >= 0.6 is 0 Å². The number of rotatable bonds is 7. The van der Waals surface area contributed by atoms with Gasteiger partial charge in [-0.05, 0) is 24.1 Å². The zero-order chi connectivity index (χ0) is 14.3. The minimum atomic E-state index is -4.26. The predicted molar refractivity (Wildman–Crippen MR) is 69.0 cm³/mol. The van der Waals surface area contributed by atoms with E-state index < -0.39 is 12.8 Å². The number of hydrogen-bond acceptors (Lipinski definition) is 2. The molecule has 5 heteroatoms. The summed E-state index contributed by atoms with van der Waals surface area (Å²) in [7, 11) is 0. The SMILES string of the molecule is CC(C)NCCc1ccc(COCC(F)(F)F)cc1. The second-order valence-electron chi connectivity index (χ2n) is 4.78. The molecular formula is C14H20F3NO. The normalized spacial score (nSPS) is 12.1. The van der Waals surface area contributed by atoms with Gasteiger partial charge < -0.3 is 10.1 Å². The first-order valence-corrected chi connectivity index (χ1v) is 6.32. The molecule has 0 atom stereocenters. The fraction of sp³-hybridized carbons (Fsp3) is 0.571. The molecule has 0 bridgehead atoms. The molecule has 0 unspecified atom stereocenters. The Morgan fingerprint density at radius 3 is 2.21 bits per heavy atom. The van der Waals surface area contributed by atoms with Crippen molar-refractivity contribution in [1.82, 2.24) is 5.32 Å². The molecule has 0 aliphatic rings. The summed E-state index contributed by atoms with van der Waals surface area (Å²) in [5.41, 5.74) is 1.91. The highest BCUT2D eigenvalue weighted by Crippen LogP contribution is 2.15. The molecule has 1 aromatic carbocycles. The summed E-state index contributed by atoms with van der Waals surface area (Å²) in [5.74, 6) is 0. The molecular weight excluding hydrogens is 255 g/mol. The maximum atomic E-state index is 11.9. The van der Waals surface area contributed by atoms with Crippen LogP contribution in [0.1, 0.15) is 25.0 Å². The second kappa shape index (κ2) is 7.50. The van der Waals surface area contributed by atoms with Crippen molar-refractivity contribution in [3.05, 3.63) is 35.4 Å². The molecule has 0 saturated carbocycles. The van der Waals surface area contributed by atoms with Crippen molar-refractivity contribution >= 4 is 0 Å². The summed E-state index contributed by atoms with van der Waals surface area (Å²) >= 11 is 0. The second-order valence-corrected chi connectivity index (χ2v) is 4.78. The first-order chi connectivity index (χ1) is 8.87. The molecule has 0 radical (unpaired) electrons. The predicted octanol–water partition coefficient (Wildman–Crippen LogP) is 3.31. The molecule has 0 aliphatic carbocycles. The quantitative estimate of drug-likeness (QED) is 0.824. The Hall–Kier alpha value is -1.07. The van der Waals surface area contributed by atoms with Gasteiger partial charge in [0.1, 0.15) is 6.61 Å². The summed E-state index contributed by atoms with van der Waals surface area (Å²) in [6.45, 7) is 3.85. The maximum Gasteiger partial charge on any atom is 0.411 e. The number of hydrogen-bond donors (Lipinski definition) is 1. The maximum absolute atomic E-state index is 11.9. The van der Waals surface area contributed by atoms with Crippen LogP contribution in [-0.2, 0) is 17.8 Å². The monoisotopic (exact) mass is 275 g/mol. The van der Waals surface area contributed by atoms with E-state index in [1.165, 1.54) is 0 Å². The fourth-order valence-electron chi connectivity index (χ4n) is 1.59. The van der Waals surface area contributed by atoms with E-state index in [0.717, 1.165) is 24.1 Å². The molecule has 0 saturated heterocycles. The average molecular weight is 275 g/mol. The third-order valence-corrected chi connectivity index (χ3v) is 2.52. The number of benzene rings is 1. The Bertz CT molecular complexity index is 360. The van der Waals surface area contributed by atoms with Crippen molar-refractivity contribution in [3.8, 4) is 0 Å². The van der Waals surface area contributed by atoms with E-state index >= 15 is 0 Å². The van der Waals surface area contributed by atoms with Gasteiger partial charge >= 0.3 is 6.18 Å². The van der Waals surface area contributed by atoms with Gasteiger partial charge in [-0.2, -0.15) is 13.2 Å². The third kappa shape index (κ3) is 7.85. The average Bonchev–Trinajstić information content (AvgIpc) is 2.29. The van der Waals surface area contributed by atoms with E-state index in [9.17, 15) is 13.2 Å². The molecule has 0 heterocycles. The Kier molecular flexibility index (Phi) is 6.31. The molecule has 1 rings (SSSR count). The van der Waals surface area contributed by atoms with Crippen LogP contribution in [-0.4, -0.2) is 25.4 Å². The molecule has 0 amide bonds. The lowest BCUT2D eigenvalue weighted by Gasteiger charge is -2.09. The number of halogens is 3. The summed E-state index contributed by atoms with van der Waals surface area (Å²) < 4.78 is 40.3. The number of nitrogens with one attached hydrogen (secondary N) is 1. The van der Waals surface area contributed by atoms with Crippen LogP contribution in [0, 0.1) is 0 Å². The lowest BCUT2D eigenvalue weighted by Crippen LogP contribution is -2.24. The Morgan fingerprint density at radius 2 is 1.68 bits per heavy atom. The zero-order valence-electron chi connectivity index (χ0n) is 11.3. The molecule has 0 spiro atoms. The minimum Gasteiger partial charge on any atom is -0.367 e. The van der Waals surface area contributed by atoms with E-state index in [2.05, 4.69) is 23.9 Å². The van der Waals surface area contributed by atoms with Gasteiger partial charge in [0.2, 0.25) is 0 Å². The van der Waals surface area contributed by atoms with Crippen LogP contribution < -0.4 is 5.32 Å². The summed E-state index contributed by atoms with van der Waals surface area (Å²) in [6, 6.07) is 7.92. The smallest absolute Gasteiger partial charge is 0.367 e. The lowest BCUT2D eigenvalue weighted by molar-refractivity contribution is -0.176. The van der Waals surface area contributed by atoms with Gasteiger partial charge in [-0.3, -0.25) is 0 Å². The van der Waals surface area contributed by atoms with Crippen molar-refractivity contribution in [3.63, 3.8) is 0 Å². The summed E-state index contributed by atoms with van der Waals surface area (Å²) in [4.78, 5) is 0. The Balaban J connectivity index is 2.31. The summed E-state index contributed by atoms with van der Waals surface area (Å²) in [5, 5.41) is 3.31. The van der Waals surface area contributed by atoms with Gasteiger partial charge in [0.15, 0.2) is 0 Å². The van der Waals surface area contributed by atoms with E-state index in [1.54, 1.807) is 12.1 Å². The molecule has 1 aromatic rings. The van der Waals surface area contributed by atoms with Gasteiger partial charge in [0, 0.05) is 6.04 Å². The van der Waals surface area contributed by atoms with Crippen molar-refractivity contribution in [2.45, 2.75) is 39.1 Å². The van der Waals surface area contributed by atoms with Gasteiger partial charge in [-0.15, -0.1) is 0 Å². The Morgan fingerprint density at radius 1 is 1.11 bits per heavy atom. The van der Waals surface area contributed by atoms with Crippen molar-refractivity contribution in [1.29, 1.82) is 0 Å². The van der Waals surface area contributed by atoms with E-state index in [4.69, 9.17) is 0 Å². The number of alkyl halides is 3. The van der Waals surface area contributed by atoms with Crippen LogP contribution in [0.15, 0.2) is 24.3 Å². The summed E-state index contributed by atoms with van der Waals surface area (Å²) in [6.07, 6.45) is -3.36. The first kappa shape index (κ1) is 16.0. The molecule has 0 aliphatic heterocycles. The molecule has 2 nitrogen and oxygen atoms in total. The minimum absolute atomic E-state index is 0.00989. The largest absolute Gasteiger partial charge is 0.411 e. The van der Waals surface area contributed by atoms with Crippen molar-refractivity contribution in [2.24, 2.45) is 0 Å².